The van der Waals surface area contributed by atoms with Gasteiger partial charge < -0.3 is 14.6 Å². The normalized spacial score (nSPS) is 27.9. The number of hydrogen-bond donors (Lipinski definition) is 1. The summed E-state index contributed by atoms with van der Waals surface area (Å²) in [5.41, 5.74) is 0.235. The van der Waals surface area contributed by atoms with E-state index in [-0.39, 0.29) is 12.2 Å². The molecule has 2 rings (SSSR count). The molecule has 1 N–H and O–H groups in total. The predicted octanol–water partition coefficient (Wildman–Crippen LogP) is 2.47. The largest absolute Gasteiger partial charge is 0.491 e. The zero-order valence-corrected chi connectivity index (χ0v) is 10.6. The van der Waals surface area contributed by atoms with Crippen LogP contribution >= 0.6 is 0 Å². The first-order chi connectivity index (χ1) is 8.03. The van der Waals surface area contributed by atoms with Crippen molar-refractivity contribution >= 4 is 0 Å². The highest BCUT2D eigenvalue weighted by atomic mass is 16.5. The fraction of sp³-hybridized carbons (Fsp3) is 0.571. The molecule has 0 saturated heterocycles. The van der Waals surface area contributed by atoms with Crippen LogP contribution in [-0.4, -0.2) is 24.4 Å². The first-order valence-electron chi connectivity index (χ1n) is 6.06. The highest BCUT2D eigenvalue weighted by molar-refractivity contribution is 5.32. The molecule has 17 heavy (non-hydrogen) atoms. The van der Waals surface area contributed by atoms with Crippen LogP contribution < -0.4 is 4.74 Å². The van der Waals surface area contributed by atoms with Gasteiger partial charge in [0.15, 0.2) is 0 Å². The van der Waals surface area contributed by atoms with E-state index in [4.69, 9.17) is 9.47 Å². The van der Waals surface area contributed by atoms with Crippen molar-refractivity contribution in [2.45, 2.75) is 44.5 Å². The van der Waals surface area contributed by atoms with E-state index in [0.29, 0.717) is 12.8 Å². The van der Waals surface area contributed by atoms with Crippen LogP contribution in [0.1, 0.15) is 32.3 Å². The number of hydrogen-bond acceptors (Lipinski definition) is 3. The molecular weight excluding hydrogens is 216 g/mol. The molecule has 0 atom stereocenters. The topological polar surface area (TPSA) is 38.7 Å². The third-order valence-corrected chi connectivity index (χ3v) is 3.23. The van der Waals surface area contributed by atoms with Gasteiger partial charge in [-0.15, -0.1) is 0 Å². The van der Waals surface area contributed by atoms with Gasteiger partial charge >= 0.3 is 0 Å². The van der Waals surface area contributed by atoms with Crippen molar-refractivity contribution in [3.8, 4) is 5.75 Å². The van der Waals surface area contributed by atoms with Crippen molar-refractivity contribution in [3.63, 3.8) is 0 Å². The van der Waals surface area contributed by atoms with Crippen LogP contribution in [-0.2, 0) is 10.3 Å². The Morgan fingerprint density at radius 2 is 1.82 bits per heavy atom. The molecule has 1 saturated carbocycles. The quantitative estimate of drug-likeness (QED) is 0.872. The Morgan fingerprint density at radius 3 is 2.29 bits per heavy atom. The van der Waals surface area contributed by atoms with Gasteiger partial charge in [-0.1, -0.05) is 12.1 Å². The summed E-state index contributed by atoms with van der Waals surface area (Å²) in [6.07, 6.45) is 1.71. The number of rotatable bonds is 4. The van der Waals surface area contributed by atoms with E-state index in [1.165, 1.54) is 0 Å². The van der Waals surface area contributed by atoms with Gasteiger partial charge in [-0.05, 0) is 31.5 Å². The fourth-order valence-corrected chi connectivity index (χ4v) is 2.21. The summed E-state index contributed by atoms with van der Waals surface area (Å²) in [4.78, 5) is 0. The second kappa shape index (κ2) is 4.67. The van der Waals surface area contributed by atoms with Crippen molar-refractivity contribution < 1.29 is 14.6 Å². The lowest BCUT2D eigenvalue weighted by molar-refractivity contribution is -0.133. The smallest absolute Gasteiger partial charge is 0.119 e. The number of benzene rings is 1. The molecule has 3 nitrogen and oxygen atoms in total. The van der Waals surface area contributed by atoms with Crippen LogP contribution in [0.2, 0.25) is 0 Å². The van der Waals surface area contributed by atoms with Gasteiger partial charge in [0.2, 0.25) is 0 Å². The Hall–Kier alpha value is -1.06. The van der Waals surface area contributed by atoms with Gasteiger partial charge in [-0.25, -0.2) is 0 Å². The lowest BCUT2D eigenvalue weighted by Gasteiger charge is -2.43. The maximum atomic E-state index is 10.3. The minimum atomic E-state index is -0.711. The van der Waals surface area contributed by atoms with E-state index < -0.39 is 5.60 Å². The first-order valence-corrected chi connectivity index (χ1v) is 6.06. The molecule has 0 aliphatic heterocycles. The Balaban J connectivity index is 2.03. The predicted molar refractivity (Wildman–Crippen MR) is 66.1 cm³/mol. The standard InChI is InChI=1S/C14H20O3/c1-10(2)17-12-6-4-11(5-7-12)14(15)8-13(9-14)16-3/h4-7,10,13,15H,8-9H2,1-3H3. The third-order valence-electron chi connectivity index (χ3n) is 3.23. The van der Waals surface area contributed by atoms with E-state index in [0.717, 1.165) is 11.3 Å². The molecule has 0 bridgehead atoms. The molecule has 0 heterocycles. The highest BCUT2D eigenvalue weighted by Crippen LogP contribution is 2.42. The van der Waals surface area contributed by atoms with Crippen LogP contribution in [0.5, 0.6) is 5.75 Å². The number of methoxy groups -OCH3 is 1. The van der Waals surface area contributed by atoms with Gasteiger partial charge in [0.05, 0.1) is 17.8 Å². The SMILES string of the molecule is COC1CC(O)(c2ccc(OC(C)C)cc2)C1. The van der Waals surface area contributed by atoms with Crippen molar-refractivity contribution in [2.75, 3.05) is 7.11 Å². The van der Waals surface area contributed by atoms with Gasteiger partial charge in [0, 0.05) is 20.0 Å². The third kappa shape index (κ3) is 2.61. The van der Waals surface area contributed by atoms with Crippen LogP contribution in [0.4, 0.5) is 0 Å². The van der Waals surface area contributed by atoms with Crippen LogP contribution in [0.15, 0.2) is 24.3 Å². The second-order valence-corrected chi connectivity index (χ2v) is 4.99. The van der Waals surface area contributed by atoms with Crippen molar-refractivity contribution in [1.82, 2.24) is 0 Å². The summed E-state index contributed by atoms with van der Waals surface area (Å²) in [5, 5.41) is 10.3. The van der Waals surface area contributed by atoms with Gasteiger partial charge in [0.1, 0.15) is 5.75 Å². The molecule has 0 amide bonds. The lowest BCUT2D eigenvalue weighted by Crippen LogP contribution is -2.45. The van der Waals surface area contributed by atoms with Crippen molar-refractivity contribution in [2.24, 2.45) is 0 Å². The molecule has 1 aliphatic rings. The van der Waals surface area contributed by atoms with Gasteiger partial charge in [0.25, 0.3) is 0 Å². The molecule has 1 fully saturated rings. The summed E-state index contributed by atoms with van der Waals surface area (Å²) >= 11 is 0. The zero-order valence-electron chi connectivity index (χ0n) is 10.6. The van der Waals surface area contributed by atoms with E-state index in [2.05, 4.69) is 0 Å². The molecule has 0 spiro atoms. The van der Waals surface area contributed by atoms with E-state index >= 15 is 0 Å². The summed E-state index contributed by atoms with van der Waals surface area (Å²) in [6, 6.07) is 7.69. The second-order valence-electron chi connectivity index (χ2n) is 4.99. The molecule has 0 radical (unpaired) electrons. The Morgan fingerprint density at radius 1 is 1.24 bits per heavy atom. The Bertz CT molecular complexity index is 364. The van der Waals surface area contributed by atoms with Crippen LogP contribution in [0.3, 0.4) is 0 Å². The summed E-state index contributed by atoms with van der Waals surface area (Å²) in [7, 11) is 1.68. The van der Waals surface area contributed by atoms with E-state index in [1.54, 1.807) is 7.11 Å². The van der Waals surface area contributed by atoms with Crippen molar-refractivity contribution in [3.05, 3.63) is 29.8 Å². The molecule has 1 aromatic carbocycles. The Labute approximate surface area is 102 Å². The average Bonchev–Trinajstić information content (AvgIpc) is 2.25. The van der Waals surface area contributed by atoms with Gasteiger partial charge in [-0.2, -0.15) is 0 Å². The molecule has 0 aromatic heterocycles. The van der Waals surface area contributed by atoms with E-state index in [9.17, 15) is 5.11 Å². The Kier molecular flexibility index (Phi) is 3.40. The maximum Gasteiger partial charge on any atom is 0.119 e. The lowest BCUT2D eigenvalue weighted by atomic mass is 9.73. The van der Waals surface area contributed by atoms with Crippen LogP contribution in [0, 0.1) is 0 Å². The number of ether oxygens (including phenoxy) is 2. The molecule has 1 aliphatic carbocycles. The van der Waals surface area contributed by atoms with Crippen molar-refractivity contribution in [1.29, 1.82) is 0 Å². The van der Waals surface area contributed by atoms with E-state index in [1.807, 2.05) is 38.1 Å². The monoisotopic (exact) mass is 236 g/mol. The maximum absolute atomic E-state index is 10.3. The molecule has 1 aromatic rings. The first kappa shape index (κ1) is 12.4. The summed E-state index contributed by atoms with van der Waals surface area (Å²) in [6.45, 7) is 3.99. The van der Waals surface area contributed by atoms with Gasteiger partial charge in [-0.3, -0.25) is 0 Å². The number of aliphatic hydroxyl groups is 1. The summed E-state index contributed by atoms with van der Waals surface area (Å²) in [5.74, 6) is 0.843. The fourth-order valence-electron chi connectivity index (χ4n) is 2.21. The molecule has 94 valence electrons. The minimum absolute atomic E-state index is 0.172. The highest BCUT2D eigenvalue weighted by Gasteiger charge is 2.44. The average molecular weight is 236 g/mol. The zero-order chi connectivity index (χ0) is 12.5. The minimum Gasteiger partial charge on any atom is -0.491 e. The summed E-state index contributed by atoms with van der Waals surface area (Å²) < 4.78 is 10.8. The van der Waals surface area contributed by atoms with Crippen LogP contribution in [0.25, 0.3) is 0 Å². The molecule has 0 unspecified atom stereocenters. The molecule has 3 heteroatoms. The molecular formula is C14H20O3.